The van der Waals surface area contributed by atoms with Gasteiger partial charge in [0.25, 0.3) is 0 Å². The van der Waals surface area contributed by atoms with Crippen LogP contribution in [0.3, 0.4) is 0 Å². The Labute approximate surface area is 152 Å². The van der Waals surface area contributed by atoms with Crippen molar-refractivity contribution in [3.05, 3.63) is 44.9 Å². The molecule has 132 valence electrons. The predicted molar refractivity (Wildman–Crippen MR) is 97.8 cm³/mol. The van der Waals surface area contributed by atoms with E-state index >= 15 is 0 Å². The molecule has 3 N–H and O–H groups in total. The van der Waals surface area contributed by atoms with E-state index in [9.17, 15) is 10.1 Å². The van der Waals surface area contributed by atoms with Crippen molar-refractivity contribution < 1.29 is 9.53 Å². The number of carbonyl (C=O) groups is 1. The van der Waals surface area contributed by atoms with Crippen LogP contribution in [-0.2, 0) is 9.53 Å². The summed E-state index contributed by atoms with van der Waals surface area (Å²) in [6.07, 6.45) is 1.29. The number of dihydropyridines is 1. The normalized spacial score (nSPS) is 22.5. The molecular weight excluding hydrogens is 334 g/mol. The van der Waals surface area contributed by atoms with Crippen molar-refractivity contribution in [3.63, 3.8) is 0 Å². The maximum atomic E-state index is 12.9. The van der Waals surface area contributed by atoms with Crippen molar-refractivity contribution in [3.8, 4) is 6.07 Å². The smallest absolute Gasteiger partial charge is 0.162 e. The van der Waals surface area contributed by atoms with E-state index in [4.69, 9.17) is 10.5 Å². The van der Waals surface area contributed by atoms with Crippen molar-refractivity contribution in [2.75, 3.05) is 19.8 Å². The van der Waals surface area contributed by atoms with Gasteiger partial charge in [0.15, 0.2) is 5.78 Å². The van der Waals surface area contributed by atoms with Gasteiger partial charge in [0.05, 0.1) is 36.5 Å². The highest BCUT2D eigenvalue weighted by atomic mass is 32.1. The van der Waals surface area contributed by atoms with E-state index in [1.165, 1.54) is 0 Å². The largest absolute Gasteiger partial charge is 0.374 e. The third-order valence-electron chi connectivity index (χ3n) is 4.63. The van der Waals surface area contributed by atoms with Crippen molar-refractivity contribution in [1.29, 1.82) is 5.26 Å². The average molecular weight is 357 g/mol. The zero-order chi connectivity index (χ0) is 18.0. The standard InChI is InChI=1S/C19H23N3O2S/c1-19(2)7-14-18(16(23)8-19)17(12-3-6-25-11-12)13(9-21)15(22-14)10-24-5-4-20/h3,6,11,17,22H,4-5,7-8,10,20H2,1-2H3. The molecule has 0 spiro atoms. The average Bonchev–Trinajstić information content (AvgIpc) is 3.06. The second kappa shape index (κ2) is 7.12. The number of thiophene rings is 1. The Balaban J connectivity index is 2.06. The molecule has 0 saturated carbocycles. The summed E-state index contributed by atoms with van der Waals surface area (Å²) < 4.78 is 5.58. The van der Waals surface area contributed by atoms with Crippen LogP contribution in [0.4, 0.5) is 0 Å². The van der Waals surface area contributed by atoms with Crippen LogP contribution in [0.1, 0.15) is 38.2 Å². The highest BCUT2D eigenvalue weighted by Gasteiger charge is 2.41. The van der Waals surface area contributed by atoms with Gasteiger partial charge in [-0.15, -0.1) is 0 Å². The van der Waals surface area contributed by atoms with Gasteiger partial charge in [-0.25, -0.2) is 0 Å². The first-order valence-electron chi connectivity index (χ1n) is 8.43. The molecule has 1 aromatic heterocycles. The number of nitrogens with one attached hydrogen (secondary N) is 1. The van der Waals surface area contributed by atoms with Gasteiger partial charge in [-0.3, -0.25) is 4.79 Å². The predicted octanol–water partition coefficient (Wildman–Crippen LogP) is 2.83. The zero-order valence-electron chi connectivity index (χ0n) is 14.6. The molecule has 0 saturated heterocycles. The number of nitrogens with zero attached hydrogens (tertiary/aromatic N) is 1. The molecule has 1 atom stereocenters. The summed E-state index contributed by atoms with van der Waals surface area (Å²) in [6.45, 7) is 5.37. The molecule has 1 unspecified atom stereocenters. The zero-order valence-corrected chi connectivity index (χ0v) is 15.4. The molecule has 3 rings (SSSR count). The molecule has 0 bridgehead atoms. The Morgan fingerprint density at radius 1 is 1.48 bits per heavy atom. The Morgan fingerprint density at radius 2 is 2.28 bits per heavy atom. The second-order valence-electron chi connectivity index (χ2n) is 7.29. The highest BCUT2D eigenvalue weighted by Crippen LogP contribution is 2.46. The molecule has 25 heavy (non-hydrogen) atoms. The maximum Gasteiger partial charge on any atom is 0.162 e. The summed E-state index contributed by atoms with van der Waals surface area (Å²) in [6, 6.07) is 4.31. The minimum Gasteiger partial charge on any atom is -0.374 e. The Hall–Kier alpha value is -1.94. The number of rotatable bonds is 5. The number of carbonyl (C=O) groups excluding carboxylic acids is 1. The van der Waals surface area contributed by atoms with E-state index in [1.54, 1.807) is 11.3 Å². The van der Waals surface area contributed by atoms with Crippen LogP contribution in [-0.4, -0.2) is 25.5 Å². The number of hydrogen-bond acceptors (Lipinski definition) is 6. The van der Waals surface area contributed by atoms with Crippen LogP contribution < -0.4 is 11.1 Å². The molecule has 2 aliphatic rings. The lowest BCUT2D eigenvalue weighted by Crippen LogP contribution is -2.38. The number of nitriles is 1. The molecule has 1 aliphatic heterocycles. The van der Waals surface area contributed by atoms with Crippen molar-refractivity contribution in [2.24, 2.45) is 11.1 Å². The lowest BCUT2D eigenvalue weighted by Gasteiger charge is -2.39. The topological polar surface area (TPSA) is 88.1 Å². The van der Waals surface area contributed by atoms with Crippen molar-refractivity contribution in [2.45, 2.75) is 32.6 Å². The molecular formula is C19H23N3O2S. The first-order chi connectivity index (χ1) is 12.0. The summed E-state index contributed by atoms with van der Waals surface area (Å²) in [4.78, 5) is 12.9. The quantitative estimate of drug-likeness (QED) is 0.791. The van der Waals surface area contributed by atoms with Gasteiger partial charge in [-0.05, 0) is 34.2 Å². The molecule has 0 amide bonds. The van der Waals surface area contributed by atoms with Gasteiger partial charge in [0.1, 0.15) is 0 Å². The fraction of sp³-hybridized carbons (Fsp3) is 0.474. The molecule has 0 fully saturated rings. The van der Waals surface area contributed by atoms with Gasteiger partial charge < -0.3 is 15.8 Å². The number of hydrogen-bond donors (Lipinski definition) is 2. The van der Waals surface area contributed by atoms with E-state index in [0.29, 0.717) is 31.8 Å². The minimum absolute atomic E-state index is 0.0878. The van der Waals surface area contributed by atoms with Crippen LogP contribution in [0.2, 0.25) is 0 Å². The van der Waals surface area contributed by atoms with Gasteiger partial charge in [-0.1, -0.05) is 13.8 Å². The van der Waals surface area contributed by atoms with Crippen LogP contribution in [0.15, 0.2) is 39.4 Å². The lowest BCUT2D eigenvalue weighted by atomic mass is 9.69. The molecule has 2 heterocycles. The first-order valence-corrected chi connectivity index (χ1v) is 9.37. The summed E-state index contributed by atoms with van der Waals surface area (Å²) >= 11 is 1.57. The van der Waals surface area contributed by atoms with Crippen LogP contribution in [0, 0.1) is 16.7 Å². The van der Waals surface area contributed by atoms with E-state index < -0.39 is 0 Å². The number of ketones is 1. The highest BCUT2D eigenvalue weighted by molar-refractivity contribution is 7.08. The number of Topliss-reactive ketones (excluding diaryl/α,β-unsaturated/α-hetero) is 1. The fourth-order valence-electron chi connectivity index (χ4n) is 3.63. The molecule has 1 aliphatic carbocycles. The monoisotopic (exact) mass is 357 g/mol. The Morgan fingerprint density at radius 3 is 2.92 bits per heavy atom. The first kappa shape index (κ1) is 17.9. The molecule has 1 aromatic rings. The number of nitrogens with two attached hydrogens (primary N) is 1. The third kappa shape index (κ3) is 3.54. The molecule has 0 radical (unpaired) electrons. The summed E-state index contributed by atoms with van der Waals surface area (Å²) in [5, 5.41) is 17.2. The summed E-state index contributed by atoms with van der Waals surface area (Å²) in [7, 11) is 0. The van der Waals surface area contributed by atoms with Crippen molar-refractivity contribution >= 4 is 17.1 Å². The minimum atomic E-state index is -0.299. The van der Waals surface area contributed by atoms with Crippen LogP contribution in [0.5, 0.6) is 0 Å². The van der Waals surface area contributed by atoms with E-state index in [0.717, 1.165) is 29.0 Å². The van der Waals surface area contributed by atoms with Gasteiger partial charge in [-0.2, -0.15) is 16.6 Å². The maximum absolute atomic E-state index is 12.9. The van der Waals surface area contributed by atoms with Gasteiger partial charge in [0, 0.05) is 24.2 Å². The summed E-state index contributed by atoms with van der Waals surface area (Å²) in [5.41, 5.74) is 9.41. The van der Waals surface area contributed by atoms with E-state index in [-0.39, 0.29) is 17.1 Å². The van der Waals surface area contributed by atoms with E-state index in [1.807, 2.05) is 16.8 Å². The molecule has 0 aromatic carbocycles. The van der Waals surface area contributed by atoms with Gasteiger partial charge >= 0.3 is 0 Å². The van der Waals surface area contributed by atoms with Crippen LogP contribution in [0.25, 0.3) is 0 Å². The third-order valence-corrected chi connectivity index (χ3v) is 5.33. The Bertz CT molecular complexity index is 769. The number of ether oxygens (including phenoxy) is 1. The summed E-state index contributed by atoms with van der Waals surface area (Å²) in [5.74, 6) is -0.169. The fourth-order valence-corrected chi connectivity index (χ4v) is 4.31. The van der Waals surface area contributed by atoms with Crippen LogP contribution >= 0.6 is 11.3 Å². The molecule has 6 heteroatoms. The van der Waals surface area contributed by atoms with Crippen molar-refractivity contribution in [1.82, 2.24) is 5.32 Å². The lowest BCUT2D eigenvalue weighted by molar-refractivity contribution is -0.118. The van der Waals surface area contributed by atoms with Gasteiger partial charge in [0.2, 0.25) is 0 Å². The molecule has 5 nitrogen and oxygen atoms in total. The second-order valence-corrected chi connectivity index (χ2v) is 8.07. The number of allylic oxidation sites excluding steroid dienone is 3. The SMILES string of the molecule is CC1(C)CC(=O)C2=C(C1)NC(COCCN)=C(C#N)C2c1ccsc1. The van der Waals surface area contributed by atoms with E-state index in [2.05, 4.69) is 25.2 Å². The Kier molecular flexibility index (Phi) is 5.09.